The van der Waals surface area contributed by atoms with Crippen molar-refractivity contribution in [2.24, 2.45) is 0 Å². The van der Waals surface area contributed by atoms with E-state index in [0.29, 0.717) is 26.4 Å². The van der Waals surface area contributed by atoms with E-state index in [1.807, 2.05) is 0 Å². The highest BCUT2D eigenvalue weighted by Crippen LogP contribution is 2.27. The summed E-state index contributed by atoms with van der Waals surface area (Å²) in [6.07, 6.45) is 5.66. The van der Waals surface area contributed by atoms with Gasteiger partial charge in [-0.3, -0.25) is 14.5 Å². The molecule has 120 valence electrons. The van der Waals surface area contributed by atoms with E-state index < -0.39 is 0 Å². The predicted octanol–water partition coefficient (Wildman–Crippen LogP) is 0.699. The Kier molecular flexibility index (Phi) is 6.60. The zero-order valence-electron chi connectivity index (χ0n) is 12.8. The van der Waals surface area contributed by atoms with Gasteiger partial charge in [0.15, 0.2) is 0 Å². The van der Waals surface area contributed by atoms with Gasteiger partial charge in [0.05, 0.1) is 32.3 Å². The van der Waals surface area contributed by atoms with Crippen LogP contribution in [0.4, 0.5) is 0 Å². The van der Waals surface area contributed by atoms with Crippen LogP contribution in [0.25, 0.3) is 0 Å². The third-order valence-electron chi connectivity index (χ3n) is 4.19. The Morgan fingerprint density at radius 1 is 1.14 bits per heavy atom. The molecule has 6 nitrogen and oxygen atoms in total. The smallest absolute Gasteiger partial charge is 0.247 e. The molecule has 2 aliphatic rings. The predicted molar refractivity (Wildman–Crippen MR) is 77.8 cm³/mol. The second-order valence-electron chi connectivity index (χ2n) is 5.71. The zero-order chi connectivity index (χ0) is 15.1. The SMILES string of the molecule is COCCOCCNC1CC(=O)N(C2CCCCC2)C1=O. The lowest BCUT2D eigenvalue weighted by molar-refractivity contribution is -0.142. The maximum atomic E-state index is 12.4. The van der Waals surface area contributed by atoms with Crippen LogP contribution in [0.2, 0.25) is 0 Å². The second-order valence-corrected chi connectivity index (χ2v) is 5.71. The van der Waals surface area contributed by atoms with Gasteiger partial charge in [-0.2, -0.15) is 0 Å². The Morgan fingerprint density at radius 2 is 1.90 bits per heavy atom. The summed E-state index contributed by atoms with van der Waals surface area (Å²) in [6.45, 7) is 2.21. The first kappa shape index (κ1) is 16.4. The first-order valence-electron chi connectivity index (χ1n) is 7.90. The maximum absolute atomic E-state index is 12.4. The first-order chi connectivity index (χ1) is 10.2. The summed E-state index contributed by atoms with van der Waals surface area (Å²) >= 11 is 0. The largest absolute Gasteiger partial charge is 0.382 e. The van der Waals surface area contributed by atoms with Crippen LogP contribution in [0.5, 0.6) is 0 Å². The molecule has 21 heavy (non-hydrogen) atoms. The fourth-order valence-electron chi connectivity index (χ4n) is 3.08. The van der Waals surface area contributed by atoms with Crippen molar-refractivity contribution in [3.63, 3.8) is 0 Å². The summed E-state index contributed by atoms with van der Waals surface area (Å²) in [5.74, 6) is -0.0755. The molecule has 1 heterocycles. The highest BCUT2D eigenvalue weighted by Gasteiger charge is 2.42. The monoisotopic (exact) mass is 298 g/mol. The van der Waals surface area contributed by atoms with Gasteiger partial charge in [0, 0.05) is 19.7 Å². The van der Waals surface area contributed by atoms with Gasteiger partial charge in [0.25, 0.3) is 0 Å². The number of imide groups is 1. The summed E-state index contributed by atoms with van der Waals surface area (Å²) < 4.78 is 10.2. The molecule has 2 fully saturated rings. The molecule has 1 atom stereocenters. The highest BCUT2D eigenvalue weighted by molar-refractivity contribution is 6.05. The third-order valence-corrected chi connectivity index (χ3v) is 4.19. The van der Waals surface area contributed by atoms with Crippen molar-refractivity contribution in [3.05, 3.63) is 0 Å². The summed E-state index contributed by atoms with van der Waals surface area (Å²) in [6, 6.07) is -0.242. The minimum absolute atomic E-state index is 0.0234. The molecule has 1 N–H and O–H groups in total. The highest BCUT2D eigenvalue weighted by atomic mass is 16.5. The van der Waals surface area contributed by atoms with E-state index in [2.05, 4.69) is 5.32 Å². The number of carbonyl (C=O) groups excluding carboxylic acids is 2. The van der Waals surface area contributed by atoms with Crippen LogP contribution in [-0.4, -0.2) is 62.3 Å². The van der Waals surface area contributed by atoms with Crippen LogP contribution >= 0.6 is 0 Å². The van der Waals surface area contributed by atoms with Crippen molar-refractivity contribution < 1.29 is 19.1 Å². The Bertz CT molecular complexity index is 356. The molecule has 1 aliphatic heterocycles. The fraction of sp³-hybridized carbons (Fsp3) is 0.867. The van der Waals surface area contributed by atoms with E-state index in [0.717, 1.165) is 25.7 Å². The molecule has 0 spiro atoms. The van der Waals surface area contributed by atoms with Crippen LogP contribution in [0.15, 0.2) is 0 Å². The lowest BCUT2D eigenvalue weighted by atomic mass is 9.94. The topological polar surface area (TPSA) is 67.9 Å². The molecule has 0 bridgehead atoms. The molecule has 2 rings (SSSR count). The Hall–Kier alpha value is -0.980. The van der Waals surface area contributed by atoms with E-state index in [9.17, 15) is 9.59 Å². The number of nitrogens with one attached hydrogen (secondary N) is 1. The second kappa shape index (κ2) is 8.46. The number of amides is 2. The zero-order valence-corrected chi connectivity index (χ0v) is 12.8. The molecule has 0 aromatic rings. The summed E-state index contributed by atoms with van der Waals surface area (Å²) in [4.78, 5) is 26.0. The standard InChI is InChI=1S/C15H26N2O4/c1-20-9-10-21-8-7-16-13-11-14(18)17(15(13)19)12-5-3-2-4-6-12/h12-13,16H,2-11H2,1H3. The van der Waals surface area contributed by atoms with E-state index in [1.165, 1.54) is 11.3 Å². The van der Waals surface area contributed by atoms with E-state index in [4.69, 9.17) is 9.47 Å². The number of likely N-dealkylation sites (tertiary alicyclic amines) is 1. The van der Waals surface area contributed by atoms with Gasteiger partial charge in [-0.1, -0.05) is 19.3 Å². The van der Waals surface area contributed by atoms with Gasteiger partial charge < -0.3 is 14.8 Å². The molecule has 0 radical (unpaired) electrons. The molecular formula is C15H26N2O4. The van der Waals surface area contributed by atoms with Crippen LogP contribution < -0.4 is 5.32 Å². The molecule has 1 saturated heterocycles. The Labute approximate surface area is 126 Å². The van der Waals surface area contributed by atoms with Crippen LogP contribution in [0.3, 0.4) is 0 Å². The van der Waals surface area contributed by atoms with Crippen molar-refractivity contribution >= 4 is 11.8 Å². The van der Waals surface area contributed by atoms with Crippen molar-refractivity contribution in [1.82, 2.24) is 10.2 Å². The minimum atomic E-state index is -0.370. The van der Waals surface area contributed by atoms with Crippen molar-refractivity contribution in [2.75, 3.05) is 33.5 Å². The van der Waals surface area contributed by atoms with Gasteiger partial charge in [-0.15, -0.1) is 0 Å². The van der Waals surface area contributed by atoms with E-state index >= 15 is 0 Å². The molecule has 1 aliphatic carbocycles. The lowest BCUT2D eigenvalue weighted by Crippen LogP contribution is -2.45. The average molecular weight is 298 g/mol. The van der Waals surface area contributed by atoms with Crippen molar-refractivity contribution in [2.45, 2.75) is 50.6 Å². The van der Waals surface area contributed by atoms with Gasteiger partial charge >= 0.3 is 0 Å². The number of rotatable bonds is 8. The third kappa shape index (κ3) is 4.49. The summed E-state index contributed by atoms with van der Waals surface area (Å²) in [7, 11) is 1.63. The molecule has 1 saturated carbocycles. The number of hydrogen-bond donors (Lipinski definition) is 1. The van der Waals surface area contributed by atoms with E-state index in [1.54, 1.807) is 7.11 Å². The molecule has 2 amide bonds. The summed E-state index contributed by atoms with van der Waals surface area (Å²) in [5, 5.41) is 3.13. The molecule has 0 aromatic carbocycles. The fourth-order valence-corrected chi connectivity index (χ4v) is 3.08. The molecule has 0 aromatic heterocycles. The van der Waals surface area contributed by atoms with Gasteiger partial charge in [0.2, 0.25) is 11.8 Å². The Balaban J connectivity index is 1.73. The normalized spacial score (nSPS) is 24.0. The number of hydrogen-bond acceptors (Lipinski definition) is 5. The van der Waals surface area contributed by atoms with Crippen LogP contribution in [0.1, 0.15) is 38.5 Å². The van der Waals surface area contributed by atoms with Gasteiger partial charge in [-0.05, 0) is 12.8 Å². The van der Waals surface area contributed by atoms with Crippen LogP contribution in [0, 0.1) is 0 Å². The minimum Gasteiger partial charge on any atom is -0.382 e. The molecular weight excluding hydrogens is 272 g/mol. The van der Waals surface area contributed by atoms with Crippen molar-refractivity contribution in [3.8, 4) is 0 Å². The Morgan fingerprint density at radius 3 is 2.62 bits per heavy atom. The number of carbonyl (C=O) groups is 2. The maximum Gasteiger partial charge on any atom is 0.247 e. The van der Waals surface area contributed by atoms with Gasteiger partial charge in [0.1, 0.15) is 0 Å². The first-order valence-corrected chi connectivity index (χ1v) is 7.90. The van der Waals surface area contributed by atoms with E-state index in [-0.39, 0.29) is 30.3 Å². The number of nitrogens with zero attached hydrogens (tertiary/aromatic N) is 1. The lowest BCUT2D eigenvalue weighted by Gasteiger charge is -2.29. The summed E-state index contributed by atoms with van der Waals surface area (Å²) in [5.41, 5.74) is 0. The quantitative estimate of drug-likeness (QED) is 0.528. The number of ether oxygens (including phenoxy) is 2. The molecule has 6 heteroatoms. The molecule has 1 unspecified atom stereocenters. The average Bonchev–Trinajstić information content (AvgIpc) is 2.78. The number of methoxy groups -OCH3 is 1. The van der Waals surface area contributed by atoms with Crippen LogP contribution in [-0.2, 0) is 19.1 Å². The van der Waals surface area contributed by atoms with Gasteiger partial charge in [-0.25, -0.2) is 0 Å². The van der Waals surface area contributed by atoms with Crippen molar-refractivity contribution in [1.29, 1.82) is 0 Å².